The highest BCUT2D eigenvalue weighted by Gasteiger charge is 2.75. The van der Waals surface area contributed by atoms with Crippen LogP contribution in [0.25, 0.3) is 22.2 Å². The highest BCUT2D eigenvalue weighted by atomic mass is 35.5. The van der Waals surface area contributed by atoms with E-state index < -0.39 is 0 Å². The maximum Gasteiger partial charge on any atom is 0.251 e. The van der Waals surface area contributed by atoms with Crippen LogP contribution in [0.4, 0.5) is 11.6 Å². The molecular weight excluding hydrogens is 598 g/mol. The molecular formula is C36H38ClN7O2. The molecule has 5 atom stereocenters. The Morgan fingerprint density at radius 2 is 1.80 bits per heavy atom. The summed E-state index contributed by atoms with van der Waals surface area (Å²) in [6.45, 7) is 0.687. The van der Waals surface area contributed by atoms with Gasteiger partial charge in [-0.05, 0) is 100 Å². The van der Waals surface area contributed by atoms with Gasteiger partial charge < -0.3 is 25.8 Å². The van der Waals surface area contributed by atoms with E-state index in [1.54, 1.807) is 30.5 Å². The molecule has 1 spiro atoms. The maximum atomic E-state index is 13.7. The molecule has 3 bridgehead atoms. The number of likely N-dealkylation sites (N-methyl/N-ethyl adjacent to an activating group) is 1. The molecule has 236 valence electrons. The predicted molar refractivity (Wildman–Crippen MR) is 181 cm³/mol. The summed E-state index contributed by atoms with van der Waals surface area (Å²) in [5.41, 5.74) is 3.72. The number of nitrogens with zero attached hydrogens (tertiary/aromatic N) is 3. The van der Waals surface area contributed by atoms with Gasteiger partial charge in [-0.25, -0.2) is 9.97 Å². The summed E-state index contributed by atoms with van der Waals surface area (Å²) in [4.78, 5) is 40.9. The third-order valence-corrected chi connectivity index (χ3v) is 11.3. The average Bonchev–Trinajstić information content (AvgIpc) is 3.58. The number of H-pyrrole nitrogens is 1. The zero-order valence-corrected chi connectivity index (χ0v) is 26.8. The molecule has 4 aromatic rings. The number of hydrogen-bond acceptors (Lipinski definition) is 6. The largest absolute Gasteiger partial charge is 0.360 e. The Morgan fingerprint density at radius 3 is 2.61 bits per heavy atom. The van der Waals surface area contributed by atoms with Crippen LogP contribution < -0.4 is 16.0 Å². The number of halogens is 1. The lowest BCUT2D eigenvalue weighted by atomic mass is 9.55. The number of aromatic amines is 1. The molecule has 2 amide bonds. The van der Waals surface area contributed by atoms with Gasteiger partial charge >= 0.3 is 0 Å². The summed E-state index contributed by atoms with van der Waals surface area (Å²) < 4.78 is 0. The van der Waals surface area contributed by atoms with Crippen molar-refractivity contribution in [3.63, 3.8) is 0 Å². The van der Waals surface area contributed by atoms with Gasteiger partial charge in [0, 0.05) is 57.6 Å². The van der Waals surface area contributed by atoms with Crippen LogP contribution in [-0.2, 0) is 4.79 Å². The minimum absolute atomic E-state index is 0.0705. The molecule has 0 aliphatic heterocycles. The summed E-state index contributed by atoms with van der Waals surface area (Å²) in [5.74, 6) is 1.60. The molecule has 4 saturated carbocycles. The molecule has 2 aromatic heterocycles. The van der Waals surface area contributed by atoms with Gasteiger partial charge in [-0.2, -0.15) is 0 Å². The van der Waals surface area contributed by atoms with Crippen LogP contribution in [0.2, 0.25) is 5.02 Å². The van der Waals surface area contributed by atoms with Gasteiger partial charge in [-0.15, -0.1) is 0 Å². The van der Waals surface area contributed by atoms with Gasteiger partial charge in [0.2, 0.25) is 11.9 Å². The van der Waals surface area contributed by atoms with Crippen LogP contribution >= 0.6 is 11.6 Å². The topological polar surface area (TPSA) is 115 Å². The zero-order valence-electron chi connectivity index (χ0n) is 26.1. The van der Waals surface area contributed by atoms with Gasteiger partial charge in [0.05, 0.1) is 16.9 Å². The number of benzene rings is 2. The zero-order chi connectivity index (χ0) is 31.7. The summed E-state index contributed by atoms with van der Waals surface area (Å²) in [5, 5.41) is 11.8. The molecule has 8 rings (SSSR count). The number of aromatic nitrogens is 3. The van der Waals surface area contributed by atoms with Crippen molar-refractivity contribution in [2.75, 3.05) is 31.3 Å². The summed E-state index contributed by atoms with van der Waals surface area (Å²) in [6.07, 6.45) is 13.2. The van der Waals surface area contributed by atoms with Crippen LogP contribution in [0.1, 0.15) is 48.9 Å². The van der Waals surface area contributed by atoms with E-state index in [1.165, 1.54) is 12.5 Å². The van der Waals surface area contributed by atoms with E-state index in [0.717, 1.165) is 48.6 Å². The van der Waals surface area contributed by atoms with E-state index in [-0.39, 0.29) is 28.3 Å². The van der Waals surface area contributed by atoms with E-state index in [0.29, 0.717) is 46.3 Å². The van der Waals surface area contributed by atoms with Gasteiger partial charge in [0.15, 0.2) is 0 Å². The second kappa shape index (κ2) is 10.7. The first-order valence-corrected chi connectivity index (χ1v) is 16.4. The van der Waals surface area contributed by atoms with Crippen molar-refractivity contribution in [3.05, 3.63) is 83.7 Å². The summed E-state index contributed by atoms with van der Waals surface area (Å²) >= 11 is 6.66. The van der Waals surface area contributed by atoms with Gasteiger partial charge in [-0.3, -0.25) is 9.59 Å². The second-order valence-corrected chi connectivity index (χ2v) is 14.7. The first-order valence-electron chi connectivity index (χ1n) is 16.1. The Bertz CT molecular complexity index is 1890. The lowest BCUT2D eigenvalue weighted by molar-refractivity contribution is -0.111. The molecule has 0 saturated heterocycles. The Labute approximate surface area is 273 Å². The van der Waals surface area contributed by atoms with Crippen LogP contribution in [-0.4, -0.2) is 63.4 Å². The standard InChI is InChI=1S/C36H38ClN7O2/c1-44(2)13-5-8-30(45)40-25-11-9-22(10-12-25)32(46)42-34-15-23-14-24-16-35(19-34,21-36(23,24)20-34)43-33-39-18-28(37)31(41-33)27-17-38-29-7-4-3-6-26(27)29/h3-12,17-18,23-24,38H,13-16,19-21H2,1-2H3,(H,40,45)(H,42,46)(H,39,41,43)/b8-5+. The lowest BCUT2D eigenvalue weighted by Gasteiger charge is -2.50. The van der Waals surface area contributed by atoms with Crippen molar-refractivity contribution in [1.29, 1.82) is 0 Å². The fraction of sp³-hybridized carbons (Fsp3) is 0.389. The van der Waals surface area contributed by atoms with Crippen LogP contribution in [0.5, 0.6) is 0 Å². The number of carbonyl (C=O) groups excluding carboxylic acids is 2. The summed E-state index contributed by atoms with van der Waals surface area (Å²) in [6, 6.07) is 15.3. The number of rotatable bonds is 9. The van der Waals surface area contributed by atoms with Crippen LogP contribution in [0, 0.1) is 17.3 Å². The number of fused-ring (bicyclic) bond motifs is 3. The summed E-state index contributed by atoms with van der Waals surface area (Å²) in [7, 11) is 3.90. The highest BCUT2D eigenvalue weighted by molar-refractivity contribution is 6.33. The van der Waals surface area contributed by atoms with Crippen molar-refractivity contribution in [1.82, 2.24) is 25.2 Å². The number of anilines is 2. The predicted octanol–water partition coefficient (Wildman–Crippen LogP) is 6.27. The molecule has 4 N–H and O–H groups in total. The van der Waals surface area contributed by atoms with E-state index in [9.17, 15) is 9.59 Å². The van der Waals surface area contributed by atoms with E-state index in [4.69, 9.17) is 16.6 Å². The van der Waals surface area contributed by atoms with Gasteiger partial charge in [-0.1, -0.05) is 35.9 Å². The van der Waals surface area contributed by atoms with Gasteiger partial charge in [0.1, 0.15) is 0 Å². The smallest absolute Gasteiger partial charge is 0.251 e. The van der Waals surface area contributed by atoms with Crippen LogP contribution in [0.15, 0.2) is 73.1 Å². The molecule has 0 radical (unpaired) electrons. The molecule has 4 aliphatic carbocycles. The minimum atomic E-state index is -0.283. The Balaban J connectivity index is 1.00. The molecule has 4 aliphatic rings. The fourth-order valence-electron chi connectivity index (χ4n) is 9.44. The fourth-order valence-corrected chi connectivity index (χ4v) is 9.63. The number of nitrogens with one attached hydrogen (secondary N) is 4. The first-order chi connectivity index (χ1) is 22.1. The monoisotopic (exact) mass is 635 g/mol. The lowest BCUT2D eigenvalue weighted by Crippen LogP contribution is -2.56. The SMILES string of the molecule is CN(C)C/C=C/C(=O)Nc1ccc(C(=O)NC23CC4CC5CC(Nc6ncc(Cl)c(-c7c[nH]c8ccccc78)n6)(C2)CC45C3)cc1. The minimum Gasteiger partial charge on any atom is -0.360 e. The number of hydrogen-bond donors (Lipinski definition) is 4. The quantitative estimate of drug-likeness (QED) is 0.161. The van der Waals surface area contributed by atoms with Crippen molar-refractivity contribution >= 4 is 46.0 Å². The van der Waals surface area contributed by atoms with Crippen molar-refractivity contribution in [2.24, 2.45) is 17.3 Å². The normalized spacial score (nSPS) is 28.9. The number of amides is 2. The molecule has 2 heterocycles. The molecule has 5 unspecified atom stereocenters. The molecule has 10 heteroatoms. The Hall–Kier alpha value is -4.21. The molecule has 4 fully saturated rings. The van der Waals surface area contributed by atoms with E-state index >= 15 is 0 Å². The van der Waals surface area contributed by atoms with E-state index in [2.05, 4.69) is 32.0 Å². The molecule has 2 aromatic carbocycles. The Morgan fingerprint density at radius 1 is 1.04 bits per heavy atom. The van der Waals surface area contributed by atoms with E-state index in [1.807, 2.05) is 49.5 Å². The Kier molecular flexibility index (Phi) is 6.78. The number of para-hydroxylation sites is 1. The molecule has 46 heavy (non-hydrogen) atoms. The second-order valence-electron chi connectivity index (χ2n) is 14.3. The highest BCUT2D eigenvalue weighted by Crippen LogP contribution is 2.77. The number of carbonyl (C=O) groups is 2. The van der Waals surface area contributed by atoms with Crippen molar-refractivity contribution in [2.45, 2.75) is 49.6 Å². The maximum absolute atomic E-state index is 13.7. The third-order valence-electron chi connectivity index (χ3n) is 11.0. The van der Waals surface area contributed by atoms with Crippen molar-refractivity contribution in [3.8, 4) is 11.3 Å². The third kappa shape index (κ3) is 4.88. The molecule has 9 nitrogen and oxygen atoms in total. The van der Waals surface area contributed by atoms with Crippen LogP contribution in [0.3, 0.4) is 0 Å². The first kappa shape index (κ1) is 29.2. The van der Waals surface area contributed by atoms with Gasteiger partial charge in [0.25, 0.3) is 5.91 Å². The van der Waals surface area contributed by atoms with Crippen molar-refractivity contribution < 1.29 is 9.59 Å². The average molecular weight is 636 g/mol.